The highest BCUT2D eigenvalue weighted by Gasteiger charge is 1.91. The lowest BCUT2D eigenvalue weighted by molar-refractivity contribution is -0.107. The molecule has 0 N–H and O–H groups in total. The predicted octanol–water partition coefficient (Wildman–Crippen LogP) is 2.11. The zero-order valence-corrected chi connectivity index (χ0v) is 6.91. The first-order chi connectivity index (χ1) is 4.27. The van der Waals surface area contributed by atoms with E-state index in [9.17, 15) is 4.79 Å². The summed E-state index contributed by atoms with van der Waals surface area (Å²) < 4.78 is 0. The molecule has 0 heterocycles. The van der Waals surface area contributed by atoms with E-state index in [0.717, 1.165) is 24.9 Å². The van der Waals surface area contributed by atoms with E-state index in [0.29, 0.717) is 5.25 Å². The molecule has 0 saturated carbocycles. The van der Waals surface area contributed by atoms with Gasteiger partial charge in [0.25, 0.3) is 0 Å². The minimum atomic E-state index is 0.705. The zero-order valence-electron chi connectivity index (χ0n) is 6.09. The molecule has 0 aliphatic heterocycles. The van der Waals surface area contributed by atoms with Gasteiger partial charge in [-0.05, 0) is 17.4 Å². The molecule has 0 aromatic heterocycles. The van der Waals surface area contributed by atoms with Crippen LogP contribution in [0.2, 0.25) is 0 Å². The molecule has 0 rings (SSSR count). The molecule has 0 radical (unpaired) electrons. The highest BCUT2D eigenvalue weighted by molar-refractivity contribution is 7.99. The van der Waals surface area contributed by atoms with E-state index >= 15 is 0 Å². The number of hydrogen-bond donors (Lipinski definition) is 0. The van der Waals surface area contributed by atoms with E-state index in [1.807, 2.05) is 11.8 Å². The Balaban J connectivity index is 2.82. The summed E-state index contributed by atoms with van der Waals surface area (Å²) in [5, 5.41) is 0.705. The summed E-state index contributed by atoms with van der Waals surface area (Å²) in [5.41, 5.74) is 0. The van der Waals surface area contributed by atoms with Gasteiger partial charge in [0.2, 0.25) is 0 Å². The summed E-state index contributed by atoms with van der Waals surface area (Å²) in [6, 6.07) is 0. The molecule has 0 aromatic carbocycles. The van der Waals surface area contributed by atoms with Crippen LogP contribution in [0.1, 0.15) is 26.7 Å². The Morgan fingerprint density at radius 2 is 2.22 bits per heavy atom. The number of thioether (sulfide) groups is 1. The first-order valence-corrected chi connectivity index (χ1v) is 4.37. The van der Waals surface area contributed by atoms with Crippen molar-refractivity contribution in [3.63, 3.8) is 0 Å². The van der Waals surface area contributed by atoms with Crippen LogP contribution in [0.4, 0.5) is 0 Å². The van der Waals surface area contributed by atoms with E-state index < -0.39 is 0 Å². The molecule has 0 atom stereocenters. The van der Waals surface area contributed by atoms with Crippen LogP contribution in [0.15, 0.2) is 0 Å². The number of hydrogen-bond acceptors (Lipinski definition) is 2. The van der Waals surface area contributed by atoms with E-state index in [-0.39, 0.29) is 0 Å². The van der Waals surface area contributed by atoms with E-state index in [4.69, 9.17) is 0 Å². The van der Waals surface area contributed by atoms with Crippen molar-refractivity contribution in [2.45, 2.75) is 31.9 Å². The Hall–Kier alpha value is 0.0200. The van der Waals surface area contributed by atoms with Crippen molar-refractivity contribution in [2.24, 2.45) is 0 Å². The van der Waals surface area contributed by atoms with Crippen molar-refractivity contribution < 1.29 is 4.79 Å². The molecule has 9 heavy (non-hydrogen) atoms. The van der Waals surface area contributed by atoms with Gasteiger partial charge < -0.3 is 4.79 Å². The minimum absolute atomic E-state index is 0.705. The molecule has 0 aliphatic carbocycles. The number of unbranched alkanes of at least 4 members (excludes halogenated alkanes) is 1. The molecule has 2 heteroatoms. The highest BCUT2D eigenvalue weighted by Crippen LogP contribution is 2.10. The van der Waals surface area contributed by atoms with Gasteiger partial charge in [0.15, 0.2) is 0 Å². The molecule has 0 bridgehead atoms. The van der Waals surface area contributed by atoms with Crippen LogP contribution in [0.5, 0.6) is 0 Å². The lowest BCUT2D eigenvalue weighted by Crippen LogP contribution is -1.89. The van der Waals surface area contributed by atoms with Gasteiger partial charge in [-0.25, -0.2) is 0 Å². The second-order valence-corrected chi connectivity index (χ2v) is 3.91. The third-order valence-corrected chi connectivity index (χ3v) is 2.11. The Kier molecular flexibility index (Phi) is 6.16. The molecule has 54 valence electrons. The SMILES string of the molecule is CC(C)SCCCC=O. The van der Waals surface area contributed by atoms with E-state index in [2.05, 4.69) is 13.8 Å². The maximum Gasteiger partial charge on any atom is 0.120 e. The fourth-order valence-corrected chi connectivity index (χ4v) is 1.29. The lowest BCUT2D eigenvalue weighted by Gasteiger charge is -2.00. The van der Waals surface area contributed by atoms with Gasteiger partial charge in [-0.2, -0.15) is 11.8 Å². The van der Waals surface area contributed by atoms with Gasteiger partial charge in [-0.15, -0.1) is 0 Å². The Labute approximate surface area is 61.2 Å². The highest BCUT2D eigenvalue weighted by atomic mass is 32.2. The maximum atomic E-state index is 9.84. The van der Waals surface area contributed by atoms with E-state index in [1.54, 1.807) is 0 Å². The standard InChI is InChI=1S/C7H14OS/c1-7(2)9-6-4-3-5-8/h5,7H,3-4,6H2,1-2H3. The number of rotatable bonds is 5. The number of aldehydes is 1. The normalized spacial score (nSPS) is 10.1. The first kappa shape index (κ1) is 9.02. The average Bonchev–Trinajstić information content (AvgIpc) is 1.80. The fraction of sp³-hybridized carbons (Fsp3) is 0.857. The molecule has 0 unspecified atom stereocenters. The van der Waals surface area contributed by atoms with Crippen LogP contribution < -0.4 is 0 Å². The molecule has 0 saturated heterocycles. The van der Waals surface area contributed by atoms with Gasteiger partial charge in [-0.1, -0.05) is 13.8 Å². The van der Waals surface area contributed by atoms with Gasteiger partial charge in [0.1, 0.15) is 6.29 Å². The lowest BCUT2D eigenvalue weighted by atomic mass is 10.4. The Morgan fingerprint density at radius 3 is 2.67 bits per heavy atom. The van der Waals surface area contributed by atoms with E-state index in [1.165, 1.54) is 0 Å². The molecule has 0 amide bonds. The average molecular weight is 146 g/mol. The summed E-state index contributed by atoms with van der Waals surface area (Å²) in [5.74, 6) is 1.12. The largest absolute Gasteiger partial charge is 0.303 e. The topological polar surface area (TPSA) is 17.1 Å². The van der Waals surface area contributed by atoms with Crippen molar-refractivity contribution in [3.8, 4) is 0 Å². The smallest absolute Gasteiger partial charge is 0.120 e. The second kappa shape index (κ2) is 6.14. The third-order valence-electron chi connectivity index (χ3n) is 0.917. The van der Waals surface area contributed by atoms with Gasteiger partial charge in [0.05, 0.1) is 0 Å². The van der Waals surface area contributed by atoms with Crippen LogP contribution in [0, 0.1) is 0 Å². The molecular weight excluding hydrogens is 132 g/mol. The van der Waals surface area contributed by atoms with Crippen molar-refractivity contribution >= 4 is 18.0 Å². The van der Waals surface area contributed by atoms with Crippen molar-refractivity contribution in [3.05, 3.63) is 0 Å². The van der Waals surface area contributed by atoms with Gasteiger partial charge in [-0.3, -0.25) is 0 Å². The van der Waals surface area contributed by atoms with Crippen molar-refractivity contribution in [1.29, 1.82) is 0 Å². The minimum Gasteiger partial charge on any atom is -0.303 e. The van der Waals surface area contributed by atoms with Crippen molar-refractivity contribution in [2.75, 3.05) is 5.75 Å². The molecule has 0 spiro atoms. The molecule has 0 fully saturated rings. The quantitative estimate of drug-likeness (QED) is 0.436. The predicted molar refractivity (Wildman–Crippen MR) is 42.9 cm³/mol. The van der Waals surface area contributed by atoms with Crippen LogP contribution in [0.3, 0.4) is 0 Å². The Morgan fingerprint density at radius 1 is 1.56 bits per heavy atom. The number of carbonyl (C=O) groups excluding carboxylic acids is 1. The fourth-order valence-electron chi connectivity index (χ4n) is 0.486. The molecule has 0 aliphatic rings. The van der Waals surface area contributed by atoms with Crippen LogP contribution >= 0.6 is 11.8 Å². The van der Waals surface area contributed by atoms with Crippen molar-refractivity contribution in [1.82, 2.24) is 0 Å². The van der Waals surface area contributed by atoms with Crippen LogP contribution in [-0.2, 0) is 4.79 Å². The molecular formula is C7H14OS. The summed E-state index contributed by atoms with van der Waals surface area (Å²) in [7, 11) is 0. The zero-order chi connectivity index (χ0) is 7.11. The van der Waals surface area contributed by atoms with Crippen LogP contribution in [-0.4, -0.2) is 17.3 Å². The molecule has 0 aromatic rings. The van der Waals surface area contributed by atoms with Crippen LogP contribution in [0.25, 0.3) is 0 Å². The third kappa shape index (κ3) is 8.02. The second-order valence-electron chi connectivity index (χ2n) is 2.23. The Bertz CT molecular complexity index is 71.3. The summed E-state index contributed by atoms with van der Waals surface area (Å²) in [6.07, 6.45) is 2.74. The van der Waals surface area contributed by atoms with Gasteiger partial charge in [0, 0.05) is 6.42 Å². The monoisotopic (exact) mass is 146 g/mol. The summed E-state index contributed by atoms with van der Waals surface area (Å²) in [4.78, 5) is 9.84. The summed E-state index contributed by atoms with van der Waals surface area (Å²) >= 11 is 1.91. The maximum absolute atomic E-state index is 9.84. The molecule has 1 nitrogen and oxygen atoms in total. The first-order valence-electron chi connectivity index (χ1n) is 3.32. The summed E-state index contributed by atoms with van der Waals surface area (Å²) in [6.45, 7) is 4.34. The number of carbonyl (C=O) groups is 1. The van der Waals surface area contributed by atoms with Gasteiger partial charge >= 0.3 is 0 Å².